The lowest BCUT2D eigenvalue weighted by Crippen LogP contribution is -2.50. The van der Waals surface area contributed by atoms with Crippen LogP contribution in [-0.2, 0) is 15.9 Å². The fourth-order valence-corrected chi connectivity index (χ4v) is 5.34. The number of alkyl halides is 3. The summed E-state index contributed by atoms with van der Waals surface area (Å²) in [5.41, 5.74) is 2.70. The average Bonchev–Trinajstić information content (AvgIpc) is 3.13. The largest absolute Gasteiger partial charge is 0.573 e. The number of benzene rings is 1. The van der Waals surface area contributed by atoms with Crippen LogP contribution in [0.1, 0.15) is 55.3 Å². The number of rotatable bonds is 4. The van der Waals surface area contributed by atoms with E-state index in [1.54, 1.807) is 30.6 Å². The maximum Gasteiger partial charge on any atom is 0.573 e. The molecule has 0 bridgehead atoms. The van der Waals surface area contributed by atoms with Crippen LogP contribution < -0.4 is 4.74 Å². The second-order valence-electron chi connectivity index (χ2n) is 9.45. The minimum Gasteiger partial charge on any atom is -0.406 e. The third-order valence-electron chi connectivity index (χ3n) is 7.06. The van der Waals surface area contributed by atoms with E-state index in [0.717, 1.165) is 48.4 Å². The van der Waals surface area contributed by atoms with Crippen molar-refractivity contribution in [2.24, 2.45) is 0 Å². The summed E-state index contributed by atoms with van der Waals surface area (Å²) in [5.74, 6) is -0.225. The second kappa shape index (κ2) is 8.76. The monoisotopic (exact) mass is 503 g/mol. The van der Waals surface area contributed by atoms with Gasteiger partial charge in [-0.15, -0.1) is 13.2 Å². The fraction of sp³-hybridized carbons (Fsp3) is 0.385. The highest BCUT2D eigenvalue weighted by Crippen LogP contribution is 2.51. The van der Waals surface area contributed by atoms with E-state index in [0.29, 0.717) is 5.02 Å². The molecule has 1 fully saturated rings. The minimum absolute atomic E-state index is 0.225. The minimum atomic E-state index is -4.71. The van der Waals surface area contributed by atoms with Crippen LogP contribution >= 0.6 is 11.6 Å². The topological polar surface area (TPSA) is 47.5 Å². The molecule has 0 amide bonds. The summed E-state index contributed by atoms with van der Waals surface area (Å²) in [6.45, 7) is 5.62. The van der Waals surface area contributed by atoms with Gasteiger partial charge in [0, 0.05) is 41.6 Å². The Balaban J connectivity index is 1.35. The molecule has 0 aliphatic carbocycles. The molecule has 184 valence electrons. The predicted molar refractivity (Wildman–Crippen MR) is 125 cm³/mol. The molecule has 4 heterocycles. The number of fused-ring (bicyclic) bond motifs is 2. The van der Waals surface area contributed by atoms with Crippen LogP contribution in [0, 0.1) is 0 Å². The third-order valence-corrected chi connectivity index (χ3v) is 7.30. The van der Waals surface area contributed by atoms with Crippen LogP contribution in [0.3, 0.4) is 0 Å². The Morgan fingerprint density at radius 1 is 1.03 bits per heavy atom. The Bertz CT molecular complexity index is 1210. The normalized spacial score (nSPS) is 20.1. The van der Waals surface area contributed by atoms with Crippen molar-refractivity contribution in [2.45, 2.75) is 50.3 Å². The predicted octanol–water partition coefficient (Wildman–Crippen LogP) is 6.37. The van der Waals surface area contributed by atoms with Crippen molar-refractivity contribution in [3.63, 3.8) is 0 Å². The van der Waals surface area contributed by atoms with Crippen molar-refractivity contribution in [3.8, 4) is 5.75 Å². The highest BCUT2D eigenvalue weighted by molar-refractivity contribution is 6.30. The molecule has 9 heteroatoms. The first kappa shape index (κ1) is 24.0. The summed E-state index contributed by atoms with van der Waals surface area (Å²) in [5, 5.41) is 0.605. The average molecular weight is 504 g/mol. The van der Waals surface area contributed by atoms with E-state index in [-0.39, 0.29) is 11.9 Å². The maximum atomic E-state index is 12.5. The van der Waals surface area contributed by atoms with Gasteiger partial charge in [0.1, 0.15) is 17.5 Å². The molecule has 1 saturated heterocycles. The summed E-state index contributed by atoms with van der Waals surface area (Å²) in [4.78, 5) is 11.5. The van der Waals surface area contributed by atoms with Gasteiger partial charge in [-0.25, -0.2) is 0 Å². The second-order valence-corrected chi connectivity index (χ2v) is 9.89. The summed E-state index contributed by atoms with van der Waals surface area (Å²) in [7, 11) is 0. The SMILES string of the molecule is CC(C)(c1ccc(OC(F)(F)F)cc1)N1CCC2(CC1)OC(c1cc(Cl)ccn1)c1cccnc12. The standard InChI is InChI=1S/C26H25ClF3N3O2/c1-24(2,17-5-7-19(8-6-17)34-26(28,29)30)33-14-10-25(11-15-33)23-20(4-3-12-32-23)22(35-25)21-16-18(27)9-13-31-21/h3-9,12-13,16,22H,10-11,14-15H2,1-2H3. The van der Waals surface area contributed by atoms with E-state index in [4.69, 9.17) is 21.3 Å². The molecule has 0 saturated carbocycles. The van der Waals surface area contributed by atoms with Gasteiger partial charge in [-0.2, -0.15) is 0 Å². The molecule has 3 aromatic rings. The zero-order chi connectivity index (χ0) is 24.8. The number of piperidine rings is 1. The van der Waals surface area contributed by atoms with Gasteiger partial charge in [0.2, 0.25) is 0 Å². The molecule has 35 heavy (non-hydrogen) atoms. The number of hydrogen-bond acceptors (Lipinski definition) is 5. The Morgan fingerprint density at radius 2 is 1.74 bits per heavy atom. The summed E-state index contributed by atoms with van der Waals surface area (Å²) >= 11 is 6.22. The molecule has 1 atom stereocenters. The molecular weight excluding hydrogens is 479 g/mol. The van der Waals surface area contributed by atoms with Crippen molar-refractivity contribution >= 4 is 11.6 Å². The van der Waals surface area contributed by atoms with E-state index in [1.807, 2.05) is 18.2 Å². The smallest absolute Gasteiger partial charge is 0.406 e. The van der Waals surface area contributed by atoms with Crippen molar-refractivity contribution in [1.29, 1.82) is 0 Å². The van der Waals surface area contributed by atoms with Gasteiger partial charge in [-0.3, -0.25) is 14.9 Å². The molecule has 2 aliphatic heterocycles. The summed E-state index contributed by atoms with van der Waals surface area (Å²) in [6, 6.07) is 13.6. The van der Waals surface area contributed by atoms with E-state index < -0.39 is 17.5 Å². The number of aromatic nitrogens is 2. The van der Waals surface area contributed by atoms with E-state index >= 15 is 0 Å². The van der Waals surface area contributed by atoms with Crippen LogP contribution in [0.15, 0.2) is 60.9 Å². The Morgan fingerprint density at radius 3 is 2.40 bits per heavy atom. The lowest BCUT2D eigenvalue weighted by molar-refractivity contribution is -0.274. The summed E-state index contributed by atoms with van der Waals surface area (Å²) < 4.78 is 48.3. The number of halogens is 4. The molecular formula is C26H25ClF3N3O2. The molecule has 2 aliphatic rings. The third kappa shape index (κ3) is 4.62. The van der Waals surface area contributed by atoms with Gasteiger partial charge in [0.25, 0.3) is 0 Å². The number of likely N-dealkylation sites (tertiary alicyclic amines) is 1. The highest BCUT2D eigenvalue weighted by atomic mass is 35.5. The number of nitrogens with zero attached hydrogens (tertiary/aromatic N) is 3. The van der Waals surface area contributed by atoms with Crippen LogP contribution in [0.2, 0.25) is 5.02 Å². The van der Waals surface area contributed by atoms with Crippen molar-refractivity contribution in [2.75, 3.05) is 13.1 Å². The Hall–Kier alpha value is -2.68. The highest BCUT2D eigenvalue weighted by Gasteiger charge is 2.50. The van der Waals surface area contributed by atoms with Gasteiger partial charge >= 0.3 is 6.36 Å². The zero-order valence-corrected chi connectivity index (χ0v) is 20.1. The van der Waals surface area contributed by atoms with Gasteiger partial charge in [0.15, 0.2) is 0 Å². The first-order valence-corrected chi connectivity index (χ1v) is 11.8. The van der Waals surface area contributed by atoms with Crippen LogP contribution in [0.4, 0.5) is 13.2 Å². The number of hydrogen-bond donors (Lipinski definition) is 0. The van der Waals surface area contributed by atoms with Crippen molar-refractivity contribution in [1.82, 2.24) is 14.9 Å². The van der Waals surface area contributed by atoms with Gasteiger partial charge in [0.05, 0.1) is 11.4 Å². The molecule has 0 N–H and O–H groups in total. The zero-order valence-electron chi connectivity index (χ0n) is 19.3. The molecule has 1 aromatic carbocycles. The van der Waals surface area contributed by atoms with E-state index in [2.05, 4.69) is 28.5 Å². The maximum absolute atomic E-state index is 12.5. The van der Waals surface area contributed by atoms with Crippen LogP contribution in [-0.4, -0.2) is 34.3 Å². The van der Waals surface area contributed by atoms with E-state index in [1.165, 1.54) is 12.1 Å². The first-order chi connectivity index (χ1) is 16.6. The molecule has 0 radical (unpaired) electrons. The van der Waals surface area contributed by atoms with Gasteiger partial charge in [-0.05, 0) is 62.6 Å². The molecule has 5 nitrogen and oxygen atoms in total. The lowest BCUT2D eigenvalue weighted by Gasteiger charge is -2.46. The Labute approximate surface area is 206 Å². The molecule has 1 unspecified atom stereocenters. The first-order valence-electron chi connectivity index (χ1n) is 11.4. The molecule has 1 spiro atoms. The van der Waals surface area contributed by atoms with E-state index in [9.17, 15) is 13.2 Å². The molecule has 2 aromatic heterocycles. The summed E-state index contributed by atoms with van der Waals surface area (Å²) in [6.07, 6.45) is -0.114. The van der Waals surface area contributed by atoms with Crippen LogP contribution in [0.5, 0.6) is 5.75 Å². The molecule has 5 rings (SSSR count). The number of pyridine rings is 2. The fourth-order valence-electron chi connectivity index (χ4n) is 5.17. The number of ether oxygens (including phenoxy) is 2. The van der Waals surface area contributed by atoms with Crippen molar-refractivity contribution in [3.05, 3.63) is 88.5 Å². The van der Waals surface area contributed by atoms with Gasteiger partial charge in [-0.1, -0.05) is 29.8 Å². The van der Waals surface area contributed by atoms with Gasteiger partial charge < -0.3 is 9.47 Å². The van der Waals surface area contributed by atoms with Crippen LogP contribution in [0.25, 0.3) is 0 Å². The van der Waals surface area contributed by atoms with Crippen molar-refractivity contribution < 1.29 is 22.6 Å². The quantitative estimate of drug-likeness (QED) is 0.414. The lowest BCUT2D eigenvalue weighted by atomic mass is 9.83. The Kier molecular flexibility index (Phi) is 6.02.